The van der Waals surface area contributed by atoms with Gasteiger partial charge in [0.25, 0.3) is 0 Å². The zero-order chi connectivity index (χ0) is 13.7. The average Bonchev–Trinajstić information content (AvgIpc) is 2.47. The lowest BCUT2D eigenvalue weighted by atomic mass is 9.93. The fraction of sp³-hybridized carbons (Fsp3) is 0.250. The van der Waals surface area contributed by atoms with Gasteiger partial charge in [0.15, 0.2) is 0 Å². The van der Waals surface area contributed by atoms with E-state index < -0.39 is 0 Å². The summed E-state index contributed by atoms with van der Waals surface area (Å²) < 4.78 is 12.9. The zero-order valence-corrected chi connectivity index (χ0v) is 11.0. The van der Waals surface area contributed by atoms with E-state index in [0.29, 0.717) is 6.54 Å². The Kier molecular flexibility index (Phi) is 4.53. The minimum absolute atomic E-state index is 0.118. The monoisotopic (exact) mass is 258 g/mol. The fourth-order valence-corrected chi connectivity index (χ4v) is 2.14. The Bertz CT molecular complexity index is 496. The molecular weight excluding hydrogens is 239 g/mol. The summed E-state index contributed by atoms with van der Waals surface area (Å²) in [5.41, 5.74) is 7.98. The summed E-state index contributed by atoms with van der Waals surface area (Å²) in [5.74, 6) is 0.0576. The number of halogens is 1. The van der Waals surface area contributed by atoms with Crippen LogP contribution in [0.25, 0.3) is 0 Å². The van der Waals surface area contributed by atoms with Gasteiger partial charge in [-0.15, -0.1) is 0 Å². The van der Waals surface area contributed by atoms with E-state index in [1.165, 1.54) is 17.7 Å². The second-order valence-electron chi connectivity index (χ2n) is 4.69. The number of hydrogen-bond acceptors (Lipinski definition) is 2. The molecule has 0 aliphatic carbocycles. The summed E-state index contributed by atoms with van der Waals surface area (Å²) >= 11 is 0. The molecule has 2 rings (SSSR count). The molecule has 0 aromatic heterocycles. The molecular formula is C16H19FN2. The number of rotatable bonds is 5. The van der Waals surface area contributed by atoms with Crippen molar-refractivity contribution in [1.29, 1.82) is 0 Å². The van der Waals surface area contributed by atoms with Gasteiger partial charge in [-0.2, -0.15) is 0 Å². The van der Waals surface area contributed by atoms with Crippen LogP contribution in [0.5, 0.6) is 0 Å². The molecule has 0 spiro atoms. The highest BCUT2D eigenvalue weighted by molar-refractivity contribution is 5.44. The van der Waals surface area contributed by atoms with E-state index in [1.807, 2.05) is 18.2 Å². The highest BCUT2D eigenvalue weighted by Crippen LogP contribution is 2.21. The summed E-state index contributed by atoms with van der Waals surface area (Å²) in [4.78, 5) is 0. The Labute approximate surface area is 113 Å². The van der Waals surface area contributed by atoms with Crippen molar-refractivity contribution < 1.29 is 4.39 Å². The summed E-state index contributed by atoms with van der Waals surface area (Å²) in [6.07, 6.45) is 0. The highest BCUT2D eigenvalue weighted by Gasteiger charge is 2.17. The molecule has 19 heavy (non-hydrogen) atoms. The molecule has 2 unspecified atom stereocenters. The SMILES string of the molecule is CC(c1ccccc1)C(CN)Nc1ccc(F)cc1. The molecule has 0 aliphatic rings. The van der Waals surface area contributed by atoms with Gasteiger partial charge >= 0.3 is 0 Å². The van der Waals surface area contributed by atoms with E-state index in [9.17, 15) is 4.39 Å². The number of anilines is 1. The Morgan fingerprint density at radius 2 is 1.68 bits per heavy atom. The summed E-state index contributed by atoms with van der Waals surface area (Å²) in [7, 11) is 0. The lowest BCUT2D eigenvalue weighted by Gasteiger charge is -2.25. The van der Waals surface area contributed by atoms with Gasteiger partial charge in [0.2, 0.25) is 0 Å². The van der Waals surface area contributed by atoms with Crippen molar-refractivity contribution in [1.82, 2.24) is 0 Å². The Balaban J connectivity index is 2.10. The van der Waals surface area contributed by atoms with Crippen LogP contribution in [0.3, 0.4) is 0 Å². The number of nitrogens with two attached hydrogens (primary N) is 1. The molecule has 0 amide bonds. The third-order valence-corrected chi connectivity index (χ3v) is 3.38. The van der Waals surface area contributed by atoms with Crippen molar-refractivity contribution in [2.75, 3.05) is 11.9 Å². The van der Waals surface area contributed by atoms with E-state index in [-0.39, 0.29) is 17.8 Å². The highest BCUT2D eigenvalue weighted by atomic mass is 19.1. The van der Waals surface area contributed by atoms with Gasteiger partial charge in [0.05, 0.1) is 0 Å². The second-order valence-corrected chi connectivity index (χ2v) is 4.69. The molecule has 3 heteroatoms. The minimum Gasteiger partial charge on any atom is -0.380 e. The first kappa shape index (κ1) is 13.6. The molecule has 2 atom stereocenters. The van der Waals surface area contributed by atoms with Gasteiger partial charge < -0.3 is 11.1 Å². The fourth-order valence-electron chi connectivity index (χ4n) is 2.14. The largest absolute Gasteiger partial charge is 0.380 e. The third-order valence-electron chi connectivity index (χ3n) is 3.38. The topological polar surface area (TPSA) is 38.0 Å². The normalized spacial score (nSPS) is 13.8. The van der Waals surface area contributed by atoms with Crippen LogP contribution in [0.15, 0.2) is 54.6 Å². The van der Waals surface area contributed by atoms with Crippen LogP contribution < -0.4 is 11.1 Å². The number of benzene rings is 2. The van der Waals surface area contributed by atoms with Crippen LogP contribution >= 0.6 is 0 Å². The Hall–Kier alpha value is -1.87. The predicted octanol–water partition coefficient (Wildman–Crippen LogP) is 3.37. The third kappa shape index (κ3) is 3.55. The quantitative estimate of drug-likeness (QED) is 0.863. The van der Waals surface area contributed by atoms with Gasteiger partial charge in [-0.05, 0) is 29.8 Å². The van der Waals surface area contributed by atoms with E-state index in [2.05, 4.69) is 24.4 Å². The maximum atomic E-state index is 12.9. The molecule has 100 valence electrons. The average molecular weight is 258 g/mol. The van der Waals surface area contributed by atoms with Crippen molar-refractivity contribution in [2.45, 2.75) is 18.9 Å². The lowest BCUT2D eigenvalue weighted by Crippen LogP contribution is -2.33. The molecule has 2 nitrogen and oxygen atoms in total. The first-order valence-electron chi connectivity index (χ1n) is 6.48. The molecule has 0 saturated heterocycles. The summed E-state index contributed by atoms with van der Waals surface area (Å²) in [5, 5.41) is 3.36. The minimum atomic E-state index is -0.231. The first-order valence-corrected chi connectivity index (χ1v) is 6.48. The maximum absolute atomic E-state index is 12.9. The van der Waals surface area contributed by atoms with Crippen molar-refractivity contribution in [3.8, 4) is 0 Å². The molecule has 2 aromatic rings. The van der Waals surface area contributed by atoms with Crippen LogP contribution in [0, 0.1) is 5.82 Å². The van der Waals surface area contributed by atoms with Crippen LogP contribution in [-0.2, 0) is 0 Å². The van der Waals surface area contributed by atoms with E-state index in [4.69, 9.17) is 5.73 Å². The Morgan fingerprint density at radius 1 is 1.05 bits per heavy atom. The molecule has 0 saturated carbocycles. The van der Waals surface area contributed by atoms with E-state index in [0.717, 1.165) is 5.69 Å². The van der Waals surface area contributed by atoms with Gasteiger partial charge in [0.1, 0.15) is 5.82 Å². The van der Waals surface area contributed by atoms with Crippen molar-refractivity contribution >= 4 is 5.69 Å². The van der Waals surface area contributed by atoms with Crippen molar-refractivity contribution in [2.24, 2.45) is 5.73 Å². The van der Waals surface area contributed by atoms with Crippen molar-refractivity contribution in [3.05, 3.63) is 66.0 Å². The molecule has 0 fully saturated rings. The molecule has 0 radical (unpaired) electrons. The van der Waals surface area contributed by atoms with Gasteiger partial charge in [-0.1, -0.05) is 37.3 Å². The van der Waals surface area contributed by atoms with E-state index in [1.54, 1.807) is 12.1 Å². The second kappa shape index (κ2) is 6.34. The van der Waals surface area contributed by atoms with Gasteiger partial charge in [-0.25, -0.2) is 4.39 Å². The van der Waals surface area contributed by atoms with Crippen LogP contribution in [0.4, 0.5) is 10.1 Å². The zero-order valence-electron chi connectivity index (χ0n) is 11.0. The summed E-state index contributed by atoms with van der Waals surface area (Å²) in [6, 6.07) is 16.7. The smallest absolute Gasteiger partial charge is 0.123 e. The molecule has 3 N–H and O–H groups in total. The lowest BCUT2D eigenvalue weighted by molar-refractivity contribution is 0.609. The van der Waals surface area contributed by atoms with Crippen LogP contribution in [0.1, 0.15) is 18.4 Å². The molecule has 0 aliphatic heterocycles. The van der Waals surface area contributed by atoms with Crippen molar-refractivity contribution in [3.63, 3.8) is 0 Å². The predicted molar refractivity (Wildman–Crippen MR) is 77.7 cm³/mol. The summed E-state index contributed by atoms with van der Waals surface area (Å²) in [6.45, 7) is 2.66. The first-order chi connectivity index (χ1) is 9.20. The molecule has 2 aromatic carbocycles. The molecule has 0 bridgehead atoms. The maximum Gasteiger partial charge on any atom is 0.123 e. The van der Waals surface area contributed by atoms with Gasteiger partial charge in [0, 0.05) is 24.2 Å². The number of nitrogens with one attached hydrogen (secondary N) is 1. The standard InChI is InChI=1S/C16H19FN2/c1-12(13-5-3-2-4-6-13)16(11-18)19-15-9-7-14(17)8-10-15/h2-10,12,16,19H,11,18H2,1H3. The van der Waals surface area contributed by atoms with Crippen LogP contribution in [0.2, 0.25) is 0 Å². The van der Waals surface area contributed by atoms with Gasteiger partial charge in [-0.3, -0.25) is 0 Å². The van der Waals surface area contributed by atoms with E-state index >= 15 is 0 Å². The van der Waals surface area contributed by atoms with Crippen LogP contribution in [-0.4, -0.2) is 12.6 Å². The Morgan fingerprint density at radius 3 is 2.26 bits per heavy atom. The number of hydrogen-bond donors (Lipinski definition) is 2. The molecule has 0 heterocycles.